The van der Waals surface area contributed by atoms with Crippen LogP contribution >= 0.6 is 0 Å². The highest BCUT2D eigenvalue weighted by atomic mass is 16.5. The number of hydrogen-bond donors (Lipinski definition) is 3. The van der Waals surface area contributed by atoms with E-state index < -0.39 is 0 Å². The minimum atomic E-state index is -0.148. The van der Waals surface area contributed by atoms with Gasteiger partial charge in [-0.1, -0.05) is 0 Å². The third kappa shape index (κ3) is 4.48. The maximum atomic E-state index is 11.1. The van der Waals surface area contributed by atoms with E-state index in [-0.39, 0.29) is 12.1 Å². The average Bonchev–Trinajstić information content (AvgIpc) is 2.27. The van der Waals surface area contributed by atoms with E-state index in [0.29, 0.717) is 19.0 Å². The van der Waals surface area contributed by atoms with Crippen molar-refractivity contribution in [1.29, 1.82) is 0 Å². The zero-order chi connectivity index (χ0) is 11.1. The topological polar surface area (TPSA) is 76.4 Å². The molecule has 15 heavy (non-hydrogen) atoms. The molecular formula is C10H21N3O2. The second-order valence-electron chi connectivity index (χ2n) is 3.88. The third-order valence-corrected chi connectivity index (χ3v) is 2.64. The Hall–Kier alpha value is -0.810. The summed E-state index contributed by atoms with van der Waals surface area (Å²) in [7, 11) is 0. The monoisotopic (exact) mass is 215 g/mol. The maximum absolute atomic E-state index is 11.1. The predicted molar refractivity (Wildman–Crippen MR) is 58.6 cm³/mol. The average molecular weight is 215 g/mol. The second-order valence-corrected chi connectivity index (χ2v) is 3.88. The van der Waals surface area contributed by atoms with Crippen LogP contribution < -0.4 is 16.4 Å². The molecule has 1 aliphatic heterocycles. The molecule has 2 unspecified atom stereocenters. The van der Waals surface area contributed by atoms with Gasteiger partial charge in [0.25, 0.3) is 0 Å². The van der Waals surface area contributed by atoms with Crippen LogP contribution in [0.1, 0.15) is 19.8 Å². The van der Waals surface area contributed by atoms with Crippen molar-refractivity contribution in [2.24, 2.45) is 11.7 Å². The fourth-order valence-corrected chi connectivity index (χ4v) is 1.70. The first-order valence-electron chi connectivity index (χ1n) is 5.59. The number of ether oxygens (including phenoxy) is 1. The number of carbonyl (C=O) groups is 1. The van der Waals surface area contributed by atoms with Gasteiger partial charge < -0.3 is 21.1 Å². The molecule has 0 aromatic heterocycles. The van der Waals surface area contributed by atoms with Gasteiger partial charge >= 0.3 is 6.03 Å². The molecule has 0 bridgehead atoms. The summed E-state index contributed by atoms with van der Waals surface area (Å²) in [5, 5.41) is 5.42. The molecule has 5 nitrogen and oxygen atoms in total. The molecule has 5 heteroatoms. The molecule has 0 saturated carbocycles. The number of amides is 2. The number of carbonyl (C=O) groups excluding carboxylic acids is 1. The maximum Gasteiger partial charge on any atom is 0.314 e. The lowest BCUT2D eigenvalue weighted by molar-refractivity contribution is 0.0452. The van der Waals surface area contributed by atoms with Crippen LogP contribution in [-0.4, -0.2) is 38.4 Å². The lowest BCUT2D eigenvalue weighted by Crippen LogP contribution is -2.47. The molecule has 1 aliphatic rings. The van der Waals surface area contributed by atoms with E-state index in [4.69, 9.17) is 10.5 Å². The zero-order valence-corrected chi connectivity index (χ0v) is 9.29. The first kappa shape index (κ1) is 12.3. The molecule has 0 spiro atoms. The molecule has 1 heterocycles. The van der Waals surface area contributed by atoms with E-state index in [9.17, 15) is 4.79 Å². The van der Waals surface area contributed by atoms with E-state index in [2.05, 4.69) is 10.6 Å². The summed E-state index contributed by atoms with van der Waals surface area (Å²) in [5.74, 6) is 0.376. The minimum absolute atomic E-state index is 0.00657. The van der Waals surface area contributed by atoms with Gasteiger partial charge in [0, 0.05) is 25.7 Å². The Bertz CT molecular complexity index is 193. The Kier molecular flexibility index (Phi) is 5.42. The van der Waals surface area contributed by atoms with Crippen molar-refractivity contribution in [3.05, 3.63) is 0 Å². The van der Waals surface area contributed by atoms with E-state index in [1.165, 1.54) is 0 Å². The van der Waals surface area contributed by atoms with Crippen LogP contribution in [0.2, 0.25) is 0 Å². The van der Waals surface area contributed by atoms with Crippen LogP contribution in [0.15, 0.2) is 0 Å². The van der Waals surface area contributed by atoms with Crippen molar-refractivity contribution >= 4 is 6.03 Å². The Balaban J connectivity index is 2.16. The molecule has 0 radical (unpaired) electrons. The lowest BCUT2D eigenvalue weighted by atomic mass is 9.94. The quantitative estimate of drug-likeness (QED) is 0.620. The molecule has 4 N–H and O–H groups in total. The molecule has 1 rings (SSSR count). The lowest BCUT2D eigenvalue weighted by Gasteiger charge is -2.27. The standard InChI is InChI=1S/C10H21N3O2/c1-2-12-10(14)13-6-9(11)8-4-3-5-15-7-8/h8-9H,2-7,11H2,1H3,(H2,12,13,14). The number of urea groups is 1. The van der Waals surface area contributed by atoms with Crippen LogP contribution in [0.25, 0.3) is 0 Å². The summed E-state index contributed by atoms with van der Waals surface area (Å²) in [6.45, 7) is 4.59. The van der Waals surface area contributed by atoms with Gasteiger partial charge in [0.05, 0.1) is 6.61 Å². The zero-order valence-electron chi connectivity index (χ0n) is 9.29. The summed E-state index contributed by atoms with van der Waals surface area (Å²) < 4.78 is 5.35. The fourth-order valence-electron chi connectivity index (χ4n) is 1.70. The van der Waals surface area contributed by atoms with Crippen LogP contribution in [0.5, 0.6) is 0 Å². The van der Waals surface area contributed by atoms with Gasteiger partial charge in [-0.3, -0.25) is 0 Å². The molecule has 0 aliphatic carbocycles. The highest BCUT2D eigenvalue weighted by molar-refractivity contribution is 5.73. The summed E-state index contributed by atoms with van der Waals surface area (Å²) in [6, 6.07) is -0.155. The van der Waals surface area contributed by atoms with Crippen molar-refractivity contribution in [3.8, 4) is 0 Å². The van der Waals surface area contributed by atoms with Gasteiger partial charge in [-0.2, -0.15) is 0 Å². The first-order valence-corrected chi connectivity index (χ1v) is 5.59. The molecule has 88 valence electrons. The van der Waals surface area contributed by atoms with Crippen LogP contribution in [0.4, 0.5) is 4.79 Å². The van der Waals surface area contributed by atoms with Crippen molar-refractivity contribution in [1.82, 2.24) is 10.6 Å². The molecule has 0 aromatic carbocycles. The molecule has 1 saturated heterocycles. The van der Waals surface area contributed by atoms with Gasteiger partial charge in [0.15, 0.2) is 0 Å². The van der Waals surface area contributed by atoms with Crippen molar-refractivity contribution in [3.63, 3.8) is 0 Å². The second kappa shape index (κ2) is 6.63. The number of nitrogens with one attached hydrogen (secondary N) is 2. The molecule has 1 fully saturated rings. The Morgan fingerprint density at radius 2 is 2.40 bits per heavy atom. The van der Waals surface area contributed by atoms with Crippen LogP contribution in [0, 0.1) is 5.92 Å². The highest BCUT2D eigenvalue weighted by Crippen LogP contribution is 2.15. The molecular weight excluding hydrogens is 194 g/mol. The Labute approximate surface area is 90.7 Å². The van der Waals surface area contributed by atoms with Gasteiger partial charge in [-0.25, -0.2) is 4.79 Å². The van der Waals surface area contributed by atoms with Crippen molar-refractivity contribution in [2.45, 2.75) is 25.8 Å². The van der Waals surface area contributed by atoms with E-state index in [1.807, 2.05) is 6.92 Å². The van der Waals surface area contributed by atoms with E-state index in [1.54, 1.807) is 0 Å². The Morgan fingerprint density at radius 1 is 1.60 bits per heavy atom. The number of nitrogens with two attached hydrogens (primary N) is 1. The smallest absolute Gasteiger partial charge is 0.314 e. The Morgan fingerprint density at radius 3 is 3.00 bits per heavy atom. The summed E-state index contributed by atoms with van der Waals surface area (Å²) in [5.41, 5.74) is 5.97. The summed E-state index contributed by atoms with van der Waals surface area (Å²) >= 11 is 0. The van der Waals surface area contributed by atoms with E-state index >= 15 is 0 Å². The third-order valence-electron chi connectivity index (χ3n) is 2.64. The molecule has 2 amide bonds. The summed E-state index contributed by atoms with van der Waals surface area (Å²) in [6.07, 6.45) is 2.16. The SMILES string of the molecule is CCNC(=O)NCC(N)C1CCCOC1. The predicted octanol–water partition coefficient (Wildman–Crippen LogP) is 0.0594. The van der Waals surface area contributed by atoms with Gasteiger partial charge in [-0.15, -0.1) is 0 Å². The van der Waals surface area contributed by atoms with Crippen molar-refractivity contribution in [2.75, 3.05) is 26.3 Å². The van der Waals surface area contributed by atoms with Crippen molar-refractivity contribution < 1.29 is 9.53 Å². The normalized spacial score (nSPS) is 23.2. The van der Waals surface area contributed by atoms with Crippen LogP contribution in [0.3, 0.4) is 0 Å². The van der Waals surface area contributed by atoms with Gasteiger partial charge in [-0.05, 0) is 25.7 Å². The molecule has 0 aromatic rings. The van der Waals surface area contributed by atoms with Crippen LogP contribution in [-0.2, 0) is 4.74 Å². The fraction of sp³-hybridized carbons (Fsp3) is 0.900. The minimum Gasteiger partial charge on any atom is -0.381 e. The first-order chi connectivity index (χ1) is 7.24. The van der Waals surface area contributed by atoms with E-state index in [0.717, 1.165) is 26.1 Å². The van der Waals surface area contributed by atoms with Gasteiger partial charge in [0.1, 0.15) is 0 Å². The molecule has 2 atom stereocenters. The highest BCUT2D eigenvalue weighted by Gasteiger charge is 2.21. The largest absolute Gasteiger partial charge is 0.381 e. The van der Waals surface area contributed by atoms with Gasteiger partial charge in [0.2, 0.25) is 0 Å². The summed E-state index contributed by atoms with van der Waals surface area (Å²) in [4.78, 5) is 11.1. The number of hydrogen-bond acceptors (Lipinski definition) is 3. The number of rotatable bonds is 4.